The van der Waals surface area contributed by atoms with Gasteiger partial charge in [-0.3, -0.25) is 4.79 Å². The van der Waals surface area contributed by atoms with Gasteiger partial charge in [0.25, 0.3) is 5.91 Å². The van der Waals surface area contributed by atoms with E-state index in [-0.39, 0.29) is 11.5 Å². The predicted octanol–water partition coefficient (Wildman–Crippen LogP) is 2.99. The van der Waals surface area contributed by atoms with Gasteiger partial charge in [-0.2, -0.15) is 0 Å². The number of esters is 1. The first kappa shape index (κ1) is 19.8. The largest absolute Gasteiger partial charge is 0.504 e. The van der Waals surface area contributed by atoms with E-state index in [0.29, 0.717) is 23.6 Å². The molecule has 0 aliphatic rings. The number of rotatable bonds is 8. The van der Waals surface area contributed by atoms with E-state index in [2.05, 4.69) is 5.32 Å². The Bertz CT molecular complexity index is 831. The number of methoxy groups -OCH3 is 1. The summed E-state index contributed by atoms with van der Waals surface area (Å²) in [6, 6.07) is 11.6. The normalized spacial score (nSPS) is 10.4. The minimum Gasteiger partial charge on any atom is -0.504 e. The van der Waals surface area contributed by atoms with E-state index in [1.807, 2.05) is 6.92 Å². The first-order chi connectivity index (χ1) is 13.0. The highest BCUT2D eigenvalue weighted by atomic mass is 16.5. The summed E-state index contributed by atoms with van der Waals surface area (Å²) in [5.41, 5.74) is 1.14. The molecule has 0 spiro atoms. The van der Waals surface area contributed by atoms with Crippen molar-refractivity contribution in [2.45, 2.75) is 6.92 Å². The van der Waals surface area contributed by atoms with E-state index in [1.54, 1.807) is 36.4 Å². The lowest BCUT2D eigenvalue weighted by molar-refractivity contribution is -0.142. The van der Waals surface area contributed by atoms with Crippen molar-refractivity contribution < 1.29 is 28.9 Å². The van der Waals surface area contributed by atoms with Crippen molar-refractivity contribution >= 4 is 23.6 Å². The van der Waals surface area contributed by atoms with Gasteiger partial charge in [-0.1, -0.05) is 18.2 Å². The fourth-order valence-electron chi connectivity index (χ4n) is 2.18. The monoisotopic (exact) mass is 371 g/mol. The molecule has 27 heavy (non-hydrogen) atoms. The Morgan fingerprint density at radius 2 is 1.93 bits per heavy atom. The second-order valence-electron chi connectivity index (χ2n) is 5.35. The van der Waals surface area contributed by atoms with Crippen LogP contribution >= 0.6 is 0 Å². The molecule has 2 aromatic rings. The first-order valence-corrected chi connectivity index (χ1v) is 8.27. The summed E-state index contributed by atoms with van der Waals surface area (Å²) in [5, 5.41) is 12.2. The second-order valence-corrected chi connectivity index (χ2v) is 5.35. The minimum atomic E-state index is -0.671. The number of hydrogen-bond donors (Lipinski definition) is 2. The number of amides is 1. The first-order valence-electron chi connectivity index (χ1n) is 8.27. The molecular formula is C20H21NO6. The molecule has 2 aromatic carbocycles. The lowest BCUT2D eigenvalue weighted by atomic mass is 10.2. The van der Waals surface area contributed by atoms with Crippen LogP contribution in [0.1, 0.15) is 12.5 Å². The number of carbonyl (C=O) groups excluding carboxylic acids is 2. The fraction of sp³-hybridized carbons (Fsp3) is 0.200. The molecule has 0 heterocycles. The van der Waals surface area contributed by atoms with Crippen molar-refractivity contribution in [3.8, 4) is 17.2 Å². The van der Waals surface area contributed by atoms with Crippen LogP contribution < -0.4 is 14.8 Å². The van der Waals surface area contributed by atoms with Gasteiger partial charge in [-0.25, -0.2) is 4.79 Å². The van der Waals surface area contributed by atoms with Gasteiger partial charge in [0, 0.05) is 6.08 Å². The summed E-state index contributed by atoms with van der Waals surface area (Å²) in [6.45, 7) is 1.88. The van der Waals surface area contributed by atoms with Crippen LogP contribution in [-0.2, 0) is 14.3 Å². The van der Waals surface area contributed by atoms with Crippen LogP contribution in [0.15, 0.2) is 48.5 Å². The number of anilines is 1. The van der Waals surface area contributed by atoms with Crippen molar-refractivity contribution in [3.05, 3.63) is 54.1 Å². The Labute approximate surface area is 157 Å². The van der Waals surface area contributed by atoms with Crippen molar-refractivity contribution in [3.63, 3.8) is 0 Å². The molecular weight excluding hydrogens is 350 g/mol. The average Bonchev–Trinajstić information content (AvgIpc) is 2.67. The number of hydrogen-bond acceptors (Lipinski definition) is 6. The highest BCUT2D eigenvalue weighted by Gasteiger charge is 2.09. The number of ether oxygens (including phenoxy) is 3. The van der Waals surface area contributed by atoms with Crippen LogP contribution in [0.5, 0.6) is 17.2 Å². The summed E-state index contributed by atoms with van der Waals surface area (Å²) in [6.07, 6.45) is 2.68. The number of benzene rings is 2. The van der Waals surface area contributed by atoms with E-state index < -0.39 is 18.5 Å². The van der Waals surface area contributed by atoms with Crippen LogP contribution in [0.3, 0.4) is 0 Å². The topological polar surface area (TPSA) is 94.1 Å². The Balaban J connectivity index is 1.87. The zero-order valence-electron chi connectivity index (χ0n) is 15.1. The smallest absolute Gasteiger partial charge is 0.331 e. The maximum atomic E-state index is 12.0. The molecule has 0 aromatic heterocycles. The van der Waals surface area contributed by atoms with E-state index in [9.17, 15) is 14.7 Å². The van der Waals surface area contributed by atoms with Crippen LogP contribution in [0.2, 0.25) is 0 Å². The van der Waals surface area contributed by atoms with Crippen LogP contribution in [0, 0.1) is 0 Å². The molecule has 2 rings (SSSR count). The van der Waals surface area contributed by atoms with Crippen LogP contribution in [0.25, 0.3) is 6.08 Å². The minimum absolute atomic E-state index is 0.00114. The molecule has 0 fully saturated rings. The number of phenolic OH excluding ortho intramolecular Hbond substituents is 1. The summed E-state index contributed by atoms with van der Waals surface area (Å²) < 4.78 is 15.3. The lowest BCUT2D eigenvalue weighted by Gasteiger charge is -2.11. The third-order valence-corrected chi connectivity index (χ3v) is 3.42. The van der Waals surface area contributed by atoms with Crippen LogP contribution in [-0.4, -0.2) is 37.3 Å². The number of carbonyl (C=O) groups is 2. The van der Waals surface area contributed by atoms with Gasteiger partial charge in [-0.05, 0) is 42.8 Å². The molecule has 0 unspecified atom stereocenters. The van der Waals surface area contributed by atoms with Gasteiger partial charge in [0.2, 0.25) is 0 Å². The molecule has 0 saturated carbocycles. The van der Waals surface area contributed by atoms with Crippen LogP contribution in [0.4, 0.5) is 5.69 Å². The molecule has 2 N–H and O–H groups in total. The number of para-hydroxylation sites is 2. The van der Waals surface area contributed by atoms with Gasteiger partial charge >= 0.3 is 5.97 Å². The van der Waals surface area contributed by atoms with E-state index in [1.165, 1.54) is 25.3 Å². The molecule has 7 heteroatoms. The molecule has 0 aliphatic carbocycles. The highest BCUT2D eigenvalue weighted by molar-refractivity contribution is 5.95. The Hall–Kier alpha value is -3.48. The van der Waals surface area contributed by atoms with Crippen molar-refractivity contribution in [1.29, 1.82) is 0 Å². The Morgan fingerprint density at radius 1 is 1.15 bits per heavy atom. The summed E-state index contributed by atoms with van der Waals surface area (Å²) in [4.78, 5) is 23.7. The van der Waals surface area contributed by atoms with Crippen molar-refractivity contribution in [2.24, 2.45) is 0 Å². The lowest BCUT2D eigenvalue weighted by Crippen LogP contribution is -2.20. The van der Waals surface area contributed by atoms with Crippen molar-refractivity contribution in [2.75, 3.05) is 25.6 Å². The third-order valence-electron chi connectivity index (χ3n) is 3.42. The standard InChI is InChI=1S/C20H21NO6/c1-3-26-17-7-5-4-6-15(17)21-19(23)13-27-20(24)11-9-14-8-10-16(22)18(12-14)25-2/h4-12,22H,3,13H2,1-2H3,(H,21,23). The van der Waals surface area contributed by atoms with Gasteiger partial charge < -0.3 is 24.6 Å². The zero-order valence-corrected chi connectivity index (χ0v) is 15.1. The van der Waals surface area contributed by atoms with E-state index in [0.717, 1.165) is 0 Å². The number of nitrogens with one attached hydrogen (secondary N) is 1. The average molecular weight is 371 g/mol. The molecule has 0 saturated heterocycles. The summed E-state index contributed by atoms with van der Waals surface area (Å²) >= 11 is 0. The summed E-state index contributed by atoms with van der Waals surface area (Å²) in [5.74, 6) is -0.314. The van der Waals surface area contributed by atoms with Crippen molar-refractivity contribution in [1.82, 2.24) is 0 Å². The Morgan fingerprint density at radius 3 is 2.67 bits per heavy atom. The van der Waals surface area contributed by atoms with Gasteiger partial charge in [-0.15, -0.1) is 0 Å². The molecule has 0 radical (unpaired) electrons. The second kappa shape index (κ2) is 9.86. The van der Waals surface area contributed by atoms with E-state index >= 15 is 0 Å². The maximum absolute atomic E-state index is 12.0. The fourth-order valence-corrected chi connectivity index (χ4v) is 2.18. The molecule has 0 bridgehead atoms. The predicted molar refractivity (Wildman–Crippen MR) is 101 cm³/mol. The van der Waals surface area contributed by atoms with Gasteiger partial charge in [0.05, 0.1) is 19.4 Å². The maximum Gasteiger partial charge on any atom is 0.331 e. The molecule has 0 aliphatic heterocycles. The zero-order chi connectivity index (χ0) is 19.6. The molecule has 142 valence electrons. The Kier molecular flexibility index (Phi) is 7.25. The third kappa shape index (κ3) is 6.07. The number of phenols is 1. The number of aromatic hydroxyl groups is 1. The summed E-state index contributed by atoms with van der Waals surface area (Å²) in [7, 11) is 1.43. The SMILES string of the molecule is CCOc1ccccc1NC(=O)COC(=O)C=Cc1ccc(O)c(OC)c1. The molecule has 7 nitrogen and oxygen atoms in total. The van der Waals surface area contributed by atoms with Gasteiger partial charge in [0.15, 0.2) is 18.1 Å². The molecule has 0 atom stereocenters. The quantitative estimate of drug-likeness (QED) is 0.547. The molecule has 1 amide bonds. The highest BCUT2D eigenvalue weighted by Crippen LogP contribution is 2.26. The van der Waals surface area contributed by atoms with Gasteiger partial charge in [0.1, 0.15) is 5.75 Å². The van der Waals surface area contributed by atoms with E-state index in [4.69, 9.17) is 14.2 Å².